The number of nitriles is 1. The van der Waals surface area contributed by atoms with Gasteiger partial charge in [-0.3, -0.25) is 4.79 Å². The summed E-state index contributed by atoms with van der Waals surface area (Å²) in [5.74, 6) is -0.0237. The molecule has 0 radical (unpaired) electrons. The van der Waals surface area contributed by atoms with Gasteiger partial charge in [0, 0.05) is 12.7 Å². The number of hydrogen-bond acceptors (Lipinski definition) is 3. The standard InChI is InChI=1S/C18H25N3O/c1-14-8-7-9-16(15(14)2)20-12-17(22)21(3)18(13-19)10-5-4-6-11-18/h7-9,20H,4-6,10-12H2,1-3H3. The maximum atomic E-state index is 12.5. The molecule has 0 atom stereocenters. The van der Waals surface area contributed by atoms with Crippen molar-refractivity contribution in [3.05, 3.63) is 29.3 Å². The Balaban J connectivity index is 2.02. The molecule has 0 unspecified atom stereocenters. The first-order valence-corrected chi connectivity index (χ1v) is 7.98. The molecule has 1 aromatic rings. The van der Waals surface area contributed by atoms with Crippen LogP contribution < -0.4 is 5.32 Å². The number of amides is 1. The summed E-state index contributed by atoms with van der Waals surface area (Å²) in [5.41, 5.74) is 2.73. The van der Waals surface area contributed by atoms with Crippen molar-refractivity contribution in [1.82, 2.24) is 4.90 Å². The van der Waals surface area contributed by atoms with Gasteiger partial charge in [-0.25, -0.2) is 0 Å². The Kier molecular flexibility index (Phi) is 5.07. The summed E-state index contributed by atoms with van der Waals surface area (Å²) in [6.07, 6.45) is 4.78. The number of rotatable bonds is 4. The number of benzene rings is 1. The number of nitrogens with one attached hydrogen (secondary N) is 1. The minimum atomic E-state index is -0.612. The summed E-state index contributed by atoms with van der Waals surface area (Å²) in [5, 5.41) is 12.8. The van der Waals surface area contributed by atoms with Gasteiger partial charge in [-0.15, -0.1) is 0 Å². The molecule has 0 saturated heterocycles. The van der Waals surface area contributed by atoms with Gasteiger partial charge in [-0.05, 0) is 43.9 Å². The van der Waals surface area contributed by atoms with Crippen LogP contribution >= 0.6 is 0 Å². The molecular weight excluding hydrogens is 274 g/mol. The first kappa shape index (κ1) is 16.4. The molecule has 1 aromatic carbocycles. The van der Waals surface area contributed by atoms with E-state index in [0.29, 0.717) is 0 Å². The zero-order valence-corrected chi connectivity index (χ0v) is 13.8. The number of carbonyl (C=O) groups excluding carboxylic acids is 1. The topological polar surface area (TPSA) is 56.1 Å². The van der Waals surface area contributed by atoms with Gasteiger partial charge in [0.1, 0.15) is 5.54 Å². The SMILES string of the molecule is Cc1cccc(NCC(=O)N(C)C2(C#N)CCCCC2)c1C. The summed E-state index contributed by atoms with van der Waals surface area (Å²) < 4.78 is 0. The van der Waals surface area contributed by atoms with Crippen molar-refractivity contribution in [2.24, 2.45) is 0 Å². The third kappa shape index (κ3) is 3.24. The van der Waals surface area contributed by atoms with E-state index in [-0.39, 0.29) is 12.5 Å². The van der Waals surface area contributed by atoms with E-state index in [1.807, 2.05) is 19.1 Å². The fourth-order valence-electron chi connectivity index (χ4n) is 3.13. The third-order valence-corrected chi connectivity index (χ3v) is 4.94. The minimum absolute atomic E-state index is 0.0237. The Bertz CT molecular complexity index is 582. The molecule has 1 N–H and O–H groups in total. The van der Waals surface area contributed by atoms with Gasteiger partial charge in [0.15, 0.2) is 0 Å². The lowest BCUT2D eigenvalue weighted by Gasteiger charge is -2.39. The van der Waals surface area contributed by atoms with Crippen molar-refractivity contribution < 1.29 is 4.79 Å². The van der Waals surface area contributed by atoms with E-state index >= 15 is 0 Å². The molecule has 22 heavy (non-hydrogen) atoms. The van der Waals surface area contributed by atoms with Crippen LogP contribution in [0.4, 0.5) is 5.69 Å². The van der Waals surface area contributed by atoms with E-state index in [1.54, 1.807) is 11.9 Å². The largest absolute Gasteiger partial charge is 0.376 e. The Morgan fingerprint density at radius 1 is 1.32 bits per heavy atom. The second-order valence-corrected chi connectivity index (χ2v) is 6.26. The molecule has 0 spiro atoms. The lowest BCUT2D eigenvalue weighted by molar-refractivity contribution is -0.132. The van der Waals surface area contributed by atoms with Gasteiger partial charge in [0.25, 0.3) is 0 Å². The van der Waals surface area contributed by atoms with E-state index in [4.69, 9.17) is 0 Å². The van der Waals surface area contributed by atoms with Crippen LogP contribution in [-0.4, -0.2) is 29.9 Å². The number of hydrogen-bond donors (Lipinski definition) is 1. The molecule has 0 aromatic heterocycles. The Labute approximate surface area is 133 Å². The monoisotopic (exact) mass is 299 g/mol. The summed E-state index contributed by atoms with van der Waals surface area (Å²) in [7, 11) is 1.77. The van der Waals surface area contributed by atoms with Gasteiger partial charge >= 0.3 is 0 Å². The highest BCUT2D eigenvalue weighted by Crippen LogP contribution is 2.32. The molecule has 0 bridgehead atoms. The van der Waals surface area contributed by atoms with Crippen molar-refractivity contribution in [3.63, 3.8) is 0 Å². The number of carbonyl (C=O) groups is 1. The average molecular weight is 299 g/mol. The summed E-state index contributed by atoms with van der Waals surface area (Å²) in [6.45, 7) is 4.33. The van der Waals surface area contributed by atoms with Crippen molar-refractivity contribution in [2.75, 3.05) is 18.9 Å². The summed E-state index contributed by atoms with van der Waals surface area (Å²) in [6, 6.07) is 8.42. The predicted molar refractivity (Wildman–Crippen MR) is 88.6 cm³/mol. The van der Waals surface area contributed by atoms with Crippen molar-refractivity contribution in [3.8, 4) is 6.07 Å². The lowest BCUT2D eigenvalue weighted by Crippen LogP contribution is -2.51. The molecule has 4 heteroatoms. The van der Waals surface area contributed by atoms with E-state index in [1.165, 1.54) is 5.56 Å². The van der Waals surface area contributed by atoms with E-state index in [9.17, 15) is 10.1 Å². The minimum Gasteiger partial charge on any atom is -0.376 e. The average Bonchev–Trinajstić information content (AvgIpc) is 2.55. The van der Waals surface area contributed by atoms with Gasteiger partial charge in [-0.1, -0.05) is 31.4 Å². The van der Waals surface area contributed by atoms with Crippen LogP contribution in [-0.2, 0) is 4.79 Å². The van der Waals surface area contributed by atoms with Gasteiger partial charge < -0.3 is 10.2 Å². The second kappa shape index (κ2) is 6.83. The van der Waals surface area contributed by atoms with E-state index < -0.39 is 5.54 Å². The number of likely N-dealkylation sites (N-methyl/N-ethyl adjacent to an activating group) is 1. The van der Waals surface area contributed by atoms with Crippen LogP contribution in [0, 0.1) is 25.2 Å². The quantitative estimate of drug-likeness (QED) is 0.927. The summed E-state index contributed by atoms with van der Waals surface area (Å²) in [4.78, 5) is 14.1. The molecule has 0 aliphatic heterocycles. The first-order valence-electron chi connectivity index (χ1n) is 7.98. The third-order valence-electron chi connectivity index (χ3n) is 4.94. The van der Waals surface area contributed by atoms with Gasteiger partial charge in [0.2, 0.25) is 5.91 Å². The van der Waals surface area contributed by atoms with Crippen LogP contribution in [0.15, 0.2) is 18.2 Å². The first-order chi connectivity index (χ1) is 10.5. The number of anilines is 1. The highest BCUT2D eigenvalue weighted by atomic mass is 16.2. The molecule has 4 nitrogen and oxygen atoms in total. The molecule has 1 amide bonds. The number of aryl methyl sites for hydroxylation is 1. The molecule has 1 aliphatic carbocycles. The van der Waals surface area contributed by atoms with Gasteiger partial charge in [-0.2, -0.15) is 5.26 Å². The normalized spacial score (nSPS) is 16.6. The molecule has 1 fully saturated rings. The van der Waals surface area contributed by atoms with Crippen LogP contribution in [0.1, 0.15) is 43.2 Å². The van der Waals surface area contributed by atoms with Crippen molar-refractivity contribution >= 4 is 11.6 Å². The maximum absolute atomic E-state index is 12.5. The molecule has 0 heterocycles. The fourth-order valence-corrected chi connectivity index (χ4v) is 3.13. The smallest absolute Gasteiger partial charge is 0.242 e. The fraction of sp³-hybridized carbons (Fsp3) is 0.556. The molecule has 1 saturated carbocycles. The highest BCUT2D eigenvalue weighted by molar-refractivity contribution is 5.82. The van der Waals surface area contributed by atoms with Crippen molar-refractivity contribution in [2.45, 2.75) is 51.5 Å². The summed E-state index contributed by atoms with van der Waals surface area (Å²) >= 11 is 0. The van der Waals surface area contributed by atoms with E-state index in [0.717, 1.165) is 43.4 Å². The lowest BCUT2D eigenvalue weighted by atomic mass is 9.81. The second-order valence-electron chi connectivity index (χ2n) is 6.26. The Morgan fingerprint density at radius 3 is 2.64 bits per heavy atom. The molecular formula is C18H25N3O. The van der Waals surface area contributed by atoms with Gasteiger partial charge in [0.05, 0.1) is 12.6 Å². The predicted octanol–water partition coefficient (Wildman–Crippen LogP) is 3.40. The van der Waals surface area contributed by atoms with Crippen molar-refractivity contribution in [1.29, 1.82) is 5.26 Å². The Hall–Kier alpha value is -2.02. The zero-order valence-electron chi connectivity index (χ0n) is 13.8. The highest BCUT2D eigenvalue weighted by Gasteiger charge is 2.38. The molecule has 118 valence electrons. The molecule has 2 rings (SSSR count). The zero-order chi connectivity index (χ0) is 16.2. The Morgan fingerprint density at radius 2 is 2.00 bits per heavy atom. The van der Waals surface area contributed by atoms with Crippen LogP contribution in [0.3, 0.4) is 0 Å². The molecule has 1 aliphatic rings. The van der Waals surface area contributed by atoms with Crippen LogP contribution in [0.5, 0.6) is 0 Å². The number of nitrogens with zero attached hydrogens (tertiary/aromatic N) is 2. The maximum Gasteiger partial charge on any atom is 0.242 e. The van der Waals surface area contributed by atoms with E-state index in [2.05, 4.69) is 24.4 Å². The van der Waals surface area contributed by atoms with Crippen LogP contribution in [0.2, 0.25) is 0 Å². The van der Waals surface area contributed by atoms with Crippen LogP contribution in [0.25, 0.3) is 0 Å².